The number of aryl methyl sites for hydroxylation is 1. The first kappa shape index (κ1) is 26.7. The predicted octanol–water partition coefficient (Wildman–Crippen LogP) is 6.54. The molecule has 0 bridgehead atoms. The second kappa shape index (κ2) is 11.6. The summed E-state index contributed by atoms with van der Waals surface area (Å²) in [4.78, 5) is 30.0. The average Bonchev–Trinajstić information content (AvgIpc) is 3.11. The minimum Gasteiger partial charge on any atom is -0.455 e. The van der Waals surface area contributed by atoms with Crippen molar-refractivity contribution < 1.29 is 19.1 Å². The molecule has 2 rings (SSSR count). The zero-order chi connectivity index (χ0) is 23.9. The lowest BCUT2D eigenvalue weighted by Gasteiger charge is -2.30. The molecule has 1 saturated heterocycles. The van der Waals surface area contributed by atoms with E-state index in [0.717, 1.165) is 42.0 Å². The number of rotatable bonds is 2. The van der Waals surface area contributed by atoms with E-state index in [-0.39, 0.29) is 23.8 Å². The van der Waals surface area contributed by atoms with Crippen molar-refractivity contribution in [2.75, 3.05) is 6.61 Å². The Morgan fingerprint density at radius 1 is 1.16 bits per heavy atom. The van der Waals surface area contributed by atoms with Crippen molar-refractivity contribution in [2.45, 2.75) is 105 Å². The molecule has 6 heteroatoms. The Hall–Kier alpha value is -1.53. The molecular formula is C26H41NO4S. The third-order valence-electron chi connectivity index (χ3n) is 6.47. The zero-order valence-corrected chi connectivity index (χ0v) is 21.8. The smallest absolute Gasteiger partial charge is 0.306 e. The molecule has 1 fully saturated rings. The molecule has 0 saturated carbocycles. The van der Waals surface area contributed by atoms with Gasteiger partial charge in [-0.25, -0.2) is 4.98 Å². The van der Waals surface area contributed by atoms with Crippen molar-refractivity contribution in [3.8, 4) is 0 Å². The lowest BCUT2D eigenvalue weighted by atomic mass is 9.80. The van der Waals surface area contributed by atoms with Gasteiger partial charge in [0.15, 0.2) is 0 Å². The van der Waals surface area contributed by atoms with Crippen LogP contribution in [0.15, 0.2) is 11.0 Å². The summed E-state index contributed by atoms with van der Waals surface area (Å²) in [6.07, 6.45) is 6.72. The molecular weight excluding hydrogens is 422 g/mol. The van der Waals surface area contributed by atoms with Crippen LogP contribution in [0.4, 0.5) is 0 Å². The Balaban J connectivity index is 2.20. The zero-order valence-electron chi connectivity index (χ0n) is 21.0. The van der Waals surface area contributed by atoms with Gasteiger partial charge in [-0.05, 0) is 64.5 Å². The second-order valence-corrected chi connectivity index (χ2v) is 11.6. The number of Topliss-reactive ketones (excluding diaryl/α,β-unsaturated/α-hetero) is 1. The van der Waals surface area contributed by atoms with Crippen molar-refractivity contribution in [1.82, 2.24) is 4.98 Å². The maximum absolute atomic E-state index is 12.8. The van der Waals surface area contributed by atoms with Gasteiger partial charge in [0, 0.05) is 23.6 Å². The van der Waals surface area contributed by atoms with Gasteiger partial charge in [0.2, 0.25) is 0 Å². The fourth-order valence-corrected chi connectivity index (χ4v) is 4.48. The molecule has 0 aromatic carbocycles. The molecule has 0 radical (unpaired) electrons. The van der Waals surface area contributed by atoms with Gasteiger partial charge in [-0.1, -0.05) is 33.6 Å². The summed E-state index contributed by atoms with van der Waals surface area (Å²) in [5.74, 6) is 0.447. The molecule has 0 aliphatic carbocycles. The van der Waals surface area contributed by atoms with E-state index >= 15 is 0 Å². The number of thiazole rings is 1. The van der Waals surface area contributed by atoms with Crippen LogP contribution in [0.3, 0.4) is 0 Å². The number of ketones is 1. The minimum absolute atomic E-state index is 0.220. The third-order valence-corrected chi connectivity index (χ3v) is 7.26. The van der Waals surface area contributed by atoms with E-state index in [1.54, 1.807) is 11.3 Å². The maximum Gasteiger partial charge on any atom is 0.306 e. The summed E-state index contributed by atoms with van der Waals surface area (Å²) in [7, 11) is 0. The van der Waals surface area contributed by atoms with Gasteiger partial charge in [0.25, 0.3) is 0 Å². The lowest BCUT2D eigenvalue weighted by Crippen LogP contribution is -2.33. The summed E-state index contributed by atoms with van der Waals surface area (Å²) in [5.41, 5.74) is 0.946. The van der Waals surface area contributed by atoms with Crippen LogP contribution in [-0.2, 0) is 19.1 Å². The van der Waals surface area contributed by atoms with Crippen molar-refractivity contribution in [2.24, 2.45) is 11.3 Å². The highest BCUT2D eigenvalue weighted by molar-refractivity contribution is 7.09. The Morgan fingerprint density at radius 2 is 1.88 bits per heavy atom. The molecule has 180 valence electrons. The van der Waals surface area contributed by atoms with Crippen molar-refractivity contribution in [3.05, 3.63) is 21.7 Å². The highest BCUT2D eigenvalue weighted by Crippen LogP contribution is 2.29. The van der Waals surface area contributed by atoms with Crippen LogP contribution in [0.1, 0.15) is 97.2 Å². The molecule has 2 atom stereocenters. The molecule has 2 unspecified atom stereocenters. The SMILES string of the molecule is C/C(=C\c1csc(C)n1)C1COC(C)(C)CCCC(C)CCC(=O)C(C)(C)CCC(=O)O1. The number of carbonyl (C=O) groups is 2. The van der Waals surface area contributed by atoms with E-state index in [2.05, 4.69) is 25.8 Å². The van der Waals surface area contributed by atoms with Crippen LogP contribution in [0.2, 0.25) is 0 Å². The average molecular weight is 464 g/mol. The molecule has 0 N–H and O–H groups in total. The number of aromatic nitrogens is 1. The summed E-state index contributed by atoms with van der Waals surface area (Å²) in [6.45, 7) is 14.5. The monoisotopic (exact) mass is 463 g/mol. The number of nitrogens with zero attached hydrogens (tertiary/aromatic N) is 1. The lowest BCUT2D eigenvalue weighted by molar-refractivity contribution is -0.154. The molecule has 1 aliphatic heterocycles. The maximum atomic E-state index is 12.8. The fourth-order valence-electron chi connectivity index (χ4n) is 3.91. The minimum atomic E-state index is -0.521. The first-order valence-electron chi connectivity index (χ1n) is 11.8. The quantitative estimate of drug-likeness (QED) is 0.466. The van der Waals surface area contributed by atoms with E-state index in [9.17, 15) is 9.59 Å². The molecule has 1 aliphatic rings. The van der Waals surface area contributed by atoms with Gasteiger partial charge in [-0.2, -0.15) is 0 Å². The Bertz CT molecular complexity index is 809. The highest BCUT2D eigenvalue weighted by Gasteiger charge is 2.30. The highest BCUT2D eigenvalue weighted by atomic mass is 32.1. The number of esters is 1. The second-order valence-electron chi connectivity index (χ2n) is 10.6. The van der Waals surface area contributed by atoms with E-state index < -0.39 is 11.5 Å². The van der Waals surface area contributed by atoms with E-state index in [1.807, 2.05) is 39.2 Å². The number of ether oxygens (including phenoxy) is 2. The molecule has 1 aromatic rings. The predicted molar refractivity (Wildman–Crippen MR) is 131 cm³/mol. The molecule has 32 heavy (non-hydrogen) atoms. The van der Waals surface area contributed by atoms with Crippen molar-refractivity contribution in [3.63, 3.8) is 0 Å². The molecule has 0 spiro atoms. The van der Waals surface area contributed by atoms with Gasteiger partial charge in [0.1, 0.15) is 11.9 Å². The van der Waals surface area contributed by atoms with Crippen molar-refractivity contribution in [1.29, 1.82) is 0 Å². The van der Waals surface area contributed by atoms with Gasteiger partial charge in [-0.15, -0.1) is 11.3 Å². The van der Waals surface area contributed by atoms with Crippen LogP contribution in [0.25, 0.3) is 6.08 Å². The van der Waals surface area contributed by atoms with Crippen LogP contribution >= 0.6 is 11.3 Å². The normalized spacial score (nSPS) is 26.5. The standard InChI is InChI=1S/C26H41NO4S/c1-18-9-8-13-26(6,7)30-16-22(19(2)15-21-17-32-20(3)27-21)31-24(29)12-14-25(4,5)23(28)11-10-18/h15,17-18,22H,8-14,16H2,1-7H3/b19-15+. The summed E-state index contributed by atoms with van der Waals surface area (Å²) >= 11 is 1.59. The molecule has 0 amide bonds. The summed E-state index contributed by atoms with van der Waals surface area (Å²) in [6, 6.07) is 0. The van der Waals surface area contributed by atoms with Gasteiger partial charge < -0.3 is 9.47 Å². The Labute approximate surface area is 198 Å². The molecule has 5 nitrogen and oxygen atoms in total. The summed E-state index contributed by atoms with van der Waals surface area (Å²) in [5, 5.41) is 2.99. The Morgan fingerprint density at radius 3 is 2.53 bits per heavy atom. The number of hydrogen-bond acceptors (Lipinski definition) is 6. The van der Waals surface area contributed by atoms with E-state index in [0.29, 0.717) is 25.4 Å². The Kier molecular flexibility index (Phi) is 9.65. The van der Waals surface area contributed by atoms with Crippen LogP contribution < -0.4 is 0 Å². The van der Waals surface area contributed by atoms with Crippen LogP contribution in [-0.4, -0.2) is 35.0 Å². The number of hydrogen-bond donors (Lipinski definition) is 0. The number of cyclic esters (lactones) is 1. The van der Waals surface area contributed by atoms with Gasteiger partial charge in [0.05, 0.1) is 22.9 Å². The van der Waals surface area contributed by atoms with E-state index in [1.165, 1.54) is 0 Å². The topological polar surface area (TPSA) is 65.5 Å². The largest absolute Gasteiger partial charge is 0.455 e. The third kappa shape index (κ3) is 8.78. The van der Waals surface area contributed by atoms with Gasteiger partial charge in [-0.3, -0.25) is 9.59 Å². The van der Waals surface area contributed by atoms with Gasteiger partial charge >= 0.3 is 5.97 Å². The van der Waals surface area contributed by atoms with Crippen LogP contribution in [0.5, 0.6) is 0 Å². The summed E-state index contributed by atoms with van der Waals surface area (Å²) < 4.78 is 12.1. The molecule has 2 heterocycles. The first-order valence-corrected chi connectivity index (χ1v) is 12.7. The van der Waals surface area contributed by atoms with E-state index in [4.69, 9.17) is 9.47 Å². The fraction of sp³-hybridized carbons (Fsp3) is 0.731. The van der Waals surface area contributed by atoms with Crippen LogP contribution in [0, 0.1) is 18.3 Å². The molecule has 1 aromatic heterocycles. The van der Waals surface area contributed by atoms with Crippen molar-refractivity contribution >= 4 is 29.2 Å². The first-order chi connectivity index (χ1) is 14.9. The number of carbonyl (C=O) groups excluding carboxylic acids is 2.